The number of nitrogens with one attached hydrogen (secondary N) is 2. The smallest absolute Gasteiger partial charge is 0.239 e. The van der Waals surface area contributed by atoms with Gasteiger partial charge in [0.05, 0.1) is 11.8 Å². The molecule has 6 heteroatoms. The normalized spacial score (nSPS) is 14.0. The third-order valence-electron chi connectivity index (χ3n) is 2.57. The van der Waals surface area contributed by atoms with E-state index in [2.05, 4.69) is 15.7 Å². The number of nitriles is 1. The first-order valence-corrected chi connectivity index (χ1v) is 5.14. The molecule has 0 saturated carbocycles. The first-order chi connectivity index (χ1) is 7.72. The monoisotopic (exact) mass is 219 g/mol. The van der Waals surface area contributed by atoms with Gasteiger partial charge in [0.25, 0.3) is 0 Å². The lowest BCUT2D eigenvalue weighted by Gasteiger charge is -2.12. The van der Waals surface area contributed by atoms with E-state index in [0.29, 0.717) is 12.4 Å². The second-order valence-electron chi connectivity index (χ2n) is 3.71. The summed E-state index contributed by atoms with van der Waals surface area (Å²) in [6, 6.07) is 1.82. The lowest BCUT2D eigenvalue weighted by Crippen LogP contribution is -2.24. The van der Waals surface area contributed by atoms with Crippen LogP contribution in [0.5, 0.6) is 0 Å². The molecule has 0 aliphatic carbocycles. The van der Waals surface area contributed by atoms with Crippen LogP contribution >= 0.6 is 0 Å². The molecule has 2 N–H and O–H groups in total. The Labute approximate surface area is 93.2 Å². The zero-order valence-electron chi connectivity index (χ0n) is 9.08. The van der Waals surface area contributed by atoms with Crippen LogP contribution in [0.25, 0.3) is 0 Å². The van der Waals surface area contributed by atoms with Gasteiger partial charge >= 0.3 is 0 Å². The van der Waals surface area contributed by atoms with Crippen LogP contribution in [0.3, 0.4) is 0 Å². The van der Waals surface area contributed by atoms with Crippen molar-refractivity contribution < 1.29 is 4.79 Å². The van der Waals surface area contributed by atoms with Crippen molar-refractivity contribution in [2.45, 2.75) is 19.4 Å². The van der Waals surface area contributed by atoms with Crippen molar-refractivity contribution in [1.82, 2.24) is 15.1 Å². The lowest BCUT2D eigenvalue weighted by molar-refractivity contribution is -0.115. The van der Waals surface area contributed by atoms with E-state index in [1.54, 1.807) is 11.7 Å². The minimum atomic E-state index is -0.293. The van der Waals surface area contributed by atoms with E-state index in [4.69, 9.17) is 5.26 Å². The molecule has 1 aliphatic heterocycles. The summed E-state index contributed by atoms with van der Waals surface area (Å²) in [6.45, 7) is 1.63. The number of anilines is 1. The van der Waals surface area contributed by atoms with Crippen LogP contribution in [0.15, 0.2) is 0 Å². The summed E-state index contributed by atoms with van der Waals surface area (Å²) in [5, 5.41) is 18.7. The van der Waals surface area contributed by atoms with Gasteiger partial charge in [-0.25, -0.2) is 0 Å². The molecule has 0 bridgehead atoms. The zero-order valence-corrected chi connectivity index (χ0v) is 9.08. The van der Waals surface area contributed by atoms with E-state index >= 15 is 0 Å². The largest absolute Gasteiger partial charge is 0.312 e. The highest BCUT2D eigenvalue weighted by molar-refractivity contribution is 5.92. The van der Waals surface area contributed by atoms with Crippen molar-refractivity contribution in [2.24, 2.45) is 7.05 Å². The predicted molar refractivity (Wildman–Crippen MR) is 57.5 cm³/mol. The first kappa shape index (κ1) is 10.6. The molecule has 0 fully saturated rings. The number of aromatic nitrogens is 2. The molecule has 1 aromatic heterocycles. The van der Waals surface area contributed by atoms with Gasteiger partial charge in [-0.2, -0.15) is 10.4 Å². The second kappa shape index (κ2) is 4.33. The highest BCUT2D eigenvalue weighted by atomic mass is 16.1. The summed E-state index contributed by atoms with van der Waals surface area (Å²) >= 11 is 0. The van der Waals surface area contributed by atoms with Crippen LogP contribution in [0.4, 0.5) is 5.82 Å². The number of rotatable bonds is 2. The molecule has 2 heterocycles. The lowest BCUT2D eigenvalue weighted by atomic mass is 10.1. The van der Waals surface area contributed by atoms with Crippen molar-refractivity contribution in [2.75, 3.05) is 11.9 Å². The number of fused-ring (bicyclic) bond motifs is 1. The maximum absolute atomic E-state index is 11.4. The highest BCUT2D eigenvalue weighted by Gasteiger charge is 2.19. The Morgan fingerprint density at radius 3 is 3.31 bits per heavy atom. The van der Waals surface area contributed by atoms with Gasteiger partial charge in [0, 0.05) is 32.1 Å². The van der Waals surface area contributed by atoms with Crippen molar-refractivity contribution in [1.29, 1.82) is 5.26 Å². The molecule has 1 aromatic rings. The fourth-order valence-electron chi connectivity index (χ4n) is 1.83. The van der Waals surface area contributed by atoms with Gasteiger partial charge in [-0.3, -0.25) is 9.48 Å². The average molecular weight is 219 g/mol. The van der Waals surface area contributed by atoms with E-state index in [1.807, 2.05) is 6.07 Å². The summed E-state index contributed by atoms with van der Waals surface area (Å²) in [5.74, 6) is 0.404. The Morgan fingerprint density at radius 2 is 2.56 bits per heavy atom. The summed E-state index contributed by atoms with van der Waals surface area (Å²) in [7, 11) is 1.79. The number of carbonyl (C=O) groups is 1. The van der Waals surface area contributed by atoms with Crippen LogP contribution in [0.2, 0.25) is 0 Å². The first-order valence-electron chi connectivity index (χ1n) is 5.14. The maximum atomic E-state index is 11.4. The molecule has 0 unspecified atom stereocenters. The molecular weight excluding hydrogens is 206 g/mol. The Kier molecular flexibility index (Phi) is 2.88. The summed E-state index contributed by atoms with van der Waals surface area (Å²) < 4.78 is 1.66. The second-order valence-corrected chi connectivity index (χ2v) is 3.71. The van der Waals surface area contributed by atoms with E-state index in [0.717, 1.165) is 24.2 Å². The molecule has 0 saturated heterocycles. The molecule has 2 rings (SSSR count). The van der Waals surface area contributed by atoms with Gasteiger partial charge in [-0.1, -0.05) is 0 Å². The van der Waals surface area contributed by atoms with Gasteiger partial charge in [0.15, 0.2) is 0 Å². The Hall–Kier alpha value is -1.87. The van der Waals surface area contributed by atoms with E-state index in [9.17, 15) is 4.79 Å². The van der Waals surface area contributed by atoms with E-state index in [-0.39, 0.29) is 12.3 Å². The van der Waals surface area contributed by atoms with Gasteiger partial charge in [-0.05, 0) is 0 Å². The Morgan fingerprint density at radius 1 is 1.75 bits per heavy atom. The molecule has 0 radical (unpaired) electrons. The van der Waals surface area contributed by atoms with E-state index in [1.165, 1.54) is 0 Å². The fourth-order valence-corrected chi connectivity index (χ4v) is 1.83. The predicted octanol–water partition coefficient (Wildman–Crippen LogP) is -0.0820. The summed E-state index contributed by atoms with van der Waals surface area (Å²) in [5.41, 5.74) is 2.05. The molecule has 1 aliphatic rings. The summed E-state index contributed by atoms with van der Waals surface area (Å²) in [4.78, 5) is 11.4. The molecule has 0 atom stereocenters. The summed E-state index contributed by atoms with van der Waals surface area (Å²) in [6.07, 6.45) is 0.741. The topological polar surface area (TPSA) is 82.7 Å². The molecular formula is C10H13N5O. The SMILES string of the molecule is Cn1nc2c(c1NC(=O)CC#N)CNCC2. The fraction of sp³-hybridized carbons (Fsp3) is 0.500. The van der Waals surface area contributed by atoms with Crippen LogP contribution in [-0.4, -0.2) is 22.2 Å². The molecule has 0 aromatic carbocycles. The van der Waals surface area contributed by atoms with Gasteiger partial charge in [0.1, 0.15) is 12.2 Å². The van der Waals surface area contributed by atoms with Crippen LogP contribution < -0.4 is 10.6 Å². The van der Waals surface area contributed by atoms with Gasteiger partial charge in [0.2, 0.25) is 5.91 Å². The number of nitrogens with zero attached hydrogens (tertiary/aromatic N) is 3. The zero-order chi connectivity index (χ0) is 11.5. The van der Waals surface area contributed by atoms with Gasteiger partial charge in [-0.15, -0.1) is 0 Å². The number of carbonyl (C=O) groups excluding carboxylic acids is 1. The van der Waals surface area contributed by atoms with Crippen molar-refractivity contribution >= 4 is 11.7 Å². The quantitative estimate of drug-likeness (QED) is 0.728. The maximum Gasteiger partial charge on any atom is 0.239 e. The molecule has 84 valence electrons. The average Bonchev–Trinajstić information content (AvgIpc) is 2.56. The van der Waals surface area contributed by atoms with Crippen LogP contribution in [0, 0.1) is 11.3 Å². The van der Waals surface area contributed by atoms with Gasteiger partial charge < -0.3 is 10.6 Å². The highest BCUT2D eigenvalue weighted by Crippen LogP contribution is 2.21. The van der Waals surface area contributed by atoms with Crippen molar-refractivity contribution in [3.05, 3.63) is 11.3 Å². The van der Waals surface area contributed by atoms with Crippen molar-refractivity contribution in [3.63, 3.8) is 0 Å². The minimum Gasteiger partial charge on any atom is -0.312 e. The molecule has 6 nitrogen and oxygen atoms in total. The van der Waals surface area contributed by atoms with Crippen LogP contribution in [0.1, 0.15) is 17.7 Å². The molecule has 16 heavy (non-hydrogen) atoms. The van der Waals surface area contributed by atoms with Crippen LogP contribution in [-0.2, 0) is 24.8 Å². The molecule has 0 spiro atoms. The third kappa shape index (κ3) is 1.90. The standard InChI is InChI=1S/C10H13N5O/c1-15-10(13-9(16)2-4-11)7-6-12-5-3-8(7)14-15/h12H,2-3,5-6H2,1H3,(H,13,16). The minimum absolute atomic E-state index is 0.132. The number of aryl methyl sites for hydroxylation is 1. The Bertz CT molecular complexity index is 457. The number of hydrogen-bond donors (Lipinski definition) is 2. The molecule has 1 amide bonds. The van der Waals surface area contributed by atoms with Crippen molar-refractivity contribution in [3.8, 4) is 6.07 Å². The van der Waals surface area contributed by atoms with E-state index < -0.39 is 0 Å². The number of amides is 1. The Balaban J connectivity index is 2.23. The number of hydrogen-bond acceptors (Lipinski definition) is 4. The third-order valence-corrected chi connectivity index (χ3v) is 2.57.